The lowest BCUT2D eigenvalue weighted by Gasteiger charge is -2.48. The van der Waals surface area contributed by atoms with Crippen LogP contribution in [0.25, 0.3) is 0 Å². The molecule has 2 heterocycles. The van der Waals surface area contributed by atoms with Crippen molar-refractivity contribution < 1.29 is 33.1 Å². The smallest absolute Gasteiger partial charge is 0.391 e. The largest absolute Gasteiger partial charge is 0.457 e. The number of carbonyl (C=O) groups excluding carboxylic acids is 2. The third-order valence-corrected chi connectivity index (χ3v) is 5.78. The minimum absolute atomic E-state index is 0.0255. The number of ether oxygens (including phenoxy) is 1. The molecule has 0 bridgehead atoms. The van der Waals surface area contributed by atoms with Gasteiger partial charge in [-0.2, -0.15) is 0 Å². The average molecular weight is 403 g/mol. The molecule has 0 unspecified atom stereocenters. The molecular formula is C16H26NO7PSi. The van der Waals surface area contributed by atoms with Gasteiger partial charge in [0.25, 0.3) is 0 Å². The fourth-order valence-electron chi connectivity index (χ4n) is 3.54. The van der Waals surface area contributed by atoms with E-state index in [4.69, 9.17) is 13.7 Å². The minimum Gasteiger partial charge on any atom is -0.457 e. The van der Waals surface area contributed by atoms with Gasteiger partial charge in [-0.25, -0.2) is 4.79 Å². The Morgan fingerprint density at radius 3 is 2.54 bits per heavy atom. The van der Waals surface area contributed by atoms with Crippen LogP contribution in [-0.4, -0.2) is 53.6 Å². The zero-order valence-corrected chi connectivity index (χ0v) is 17.5. The van der Waals surface area contributed by atoms with Crippen molar-refractivity contribution in [2.75, 3.05) is 6.61 Å². The first-order valence-corrected chi connectivity index (χ1v) is 13.0. The molecule has 4 atom stereocenters. The number of hydrogen-bond acceptors (Lipinski definition) is 7. The summed E-state index contributed by atoms with van der Waals surface area (Å²) in [5.41, 5.74) is -0.0681. The normalized spacial score (nSPS) is 26.5. The van der Waals surface area contributed by atoms with Crippen LogP contribution in [0.2, 0.25) is 19.6 Å². The van der Waals surface area contributed by atoms with Gasteiger partial charge in [-0.05, 0) is 26.6 Å². The molecule has 1 amide bonds. The predicted molar refractivity (Wildman–Crippen MR) is 97.8 cm³/mol. The standard InChI is InChI=1S/C16H26NO7PSi/c1-7-8-22-16(19)13-14(23-25(20)21)9(2)12-11(15(18)17(12)13)10(3)24-26(4,5)6/h7,9-12,20-21H,1,8H2,2-6H3/t9-,10-,11-,12-/m1/s1. The van der Waals surface area contributed by atoms with Crippen LogP contribution >= 0.6 is 8.60 Å². The van der Waals surface area contributed by atoms with Crippen LogP contribution < -0.4 is 0 Å². The Kier molecular flexibility index (Phi) is 6.30. The summed E-state index contributed by atoms with van der Waals surface area (Å²) >= 11 is 0. The van der Waals surface area contributed by atoms with Crippen molar-refractivity contribution in [1.82, 2.24) is 4.90 Å². The Morgan fingerprint density at radius 2 is 2.04 bits per heavy atom. The van der Waals surface area contributed by atoms with Crippen molar-refractivity contribution in [3.8, 4) is 0 Å². The minimum atomic E-state index is -2.73. The van der Waals surface area contributed by atoms with E-state index in [1.807, 2.05) is 26.6 Å². The molecule has 0 aliphatic carbocycles. The summed E-state index contributed by atoms with van der Waals surface area (Å²) in [6.07, 6.45) is 1.09. The van der Waals surface area contributed by atoms with Crippen molar-refractivity contribution in [3.63, 3.8) is 0 Å². The second-order valence-electron chi connectivity index (χ2n) is 7.39. The lowest BCUT2D eigenvalue weighted by molar-refractivity contribution is -0.163. The number of esters is 1. The van der Waals surface area contributed by atoms with Crippen molar-refractivity contribution in [1.29, 1.82) is 0 Å². The second-order valence-corrected chi connectivity index (χ2v) is 12.5. The van der Waals surface area contributed by atoms with Crippen LogP contribution in [0.5, 0.6) is 0 Å². The number of amides is 1. The molecule has 10 heteroatoms. The maximum Gasteiger partial charge on any atom is 0.391 e. The van der Waals surface area contributed by atoms with Gasteiger partial charge in [0.15, 0.2) is 14.0 Å². The van der Waals surface area contributed by atoms with E-state index < -0.39 is 28.8 Å². The number of nitrogens with zero attached hydrogens (tertiary/aromatic N) is 1. The summed E-state index contributed by atoms with van der Waals surface area (Å²) in [5.74, 6) is -1.76. The summed E-state index contributed by atoms with van der Waals surface area (Å²) < 4.78 is 16.2. The van der Waals surface area contributed by atoms with E-state index in [1.165, 1.54) is 11.0 Å². The Bertz CT molecular complexity index is 631. The number of rotatable bonds is 8. The van der Waals surface area contributed by atoms with Gasteiger partial charge in [0, 0.05) is 5.92 Å². The highest BCUT2D eigenvalue weighted by Crippen LogP contribution is 2.50. The Labute approximate surface area is 155 Å². The SMILES string of the molecule is C=CCOC(=O)C1=C(OP(O)O)[C@H](C)[C@@H]2[C@@H]([C@@H](C)O[Si](C)(C)C)C(=O)N12. The molecule has 0 aromatic heterocycles. The second kappa shape index (κ2) is 7.78. The number of carbonyl (C=O) groups is 2. The van der Waals surface area contributed by atoms with Gasteiger partial charge >= 0.3 is 14.6 Å². The van der Waals surface area contributed by atoms with E-state index >= 15 is 0 Å². The monoisotopic (exact) mass is 403 g/mol. The fraction of sp³-hybridized carbons (Fsp3) is 0.625. The number of β-lactam (4-membered cyclic amide) rings is 1. The van der Waals surface area contributed by atoms with Gasteiger partial charge in [0.05, 0.1) is 18.1 Å². The highest BCUT2D eigenvalue weighted by Gasteiger charge is 2.62. The predicted octanol–water partition coefficient (Wildman–Crippen LogP) is 1.87. The molecule has 1 saturated heterocycles. The third-order valence-electron chi connectivity index (χ3n) is 4.34. The molecule has 0 saturated carbocycles. The van der Waals surface area contributed by atoms with Crippen LogP contribution in [-0.2, 0) is 23.3 Å². The molecule has 2 aliphatic rings. The van der Waals surface area contributed by atoms with Crippen LogP contribution in [0.1, 0.15) is 13.8 Å². The highest BCUT2D eigenvalue weighted by atomic mass is 31.2. The molecule has 26 heavy (non-hydrogen) atoms. The first-order chi connectivity index (χ1) is 12.0. The van der Waals surface area contributed by atoms with Crippen molar-refractivity contribution in [3.05, 3.63) is 24.1 Å². The number of fused-ring (bicyclic) bond motifs is 1. The van der Waals surface area contributed by atoms with Crippen LogP contribution in [0.3, 0.4) is 0 Å². The maximum atomic E-state index is 12.8. The fourth-order valence-corrected chi connectivity index (χ4v) is 5.23. The van der Waals surface area contributed by atoms with Gasteiger partial charge in [-0.15, -0.1) is 0 Å². The Balaban J connectivity index is 2.30. The number of hydrogen-bond donors (Lipinski definition) is 2. The molecule has 2 aliphatic heterocycles. The Morgan fingerprint density at radius 1 is 1.42 bits per heavy atom. The summed E-state index contributed by atoms with van der Waals surface area (Å²) in [4.78, 5) is 45.0. The van der Waals surface area contributed by atoms with E-state index in [2.05, 4.69) is 6.58 Å². The van der Waals surface area contributed by atoms with Gasteiger partial charge in [-0.3, -0.25) is 9.69 Å². The molecule has 0 aromatic carbocycles. The molecule has 0 radical (unpaired) electrons. The van der Waals surface area contributed by atoms with Gasteiger partial charge in [-0.1, -0.05) is 19.6 Å². The van der Waals surface area contributed by atoms with Crippen molar-refractivity contribution in [2.45, 2.75) is 45.6 Å². The summed E-state index contributed by atoms with van der Waals surface area (Å²) in [7, 11) is -4.58. The molecule has 2 rings (SSSR count). The molecule has 1 fully saturated rings. The van der Waals surface area contributed by atoms with E-state index in [-0.39, 0.29) is 42.0 Å². The lowest BCUT2D eigenvalue weighted by Crippen LogP contribution is -2.64. The Hall–Kier alpha value is -1.25. The third kappa shape index (κ3) is 4.02. The molecule has 146 valence electrons. The first kappa shape index (κ1) is 21.1. The van der Waals surface area contributed by atoms with Crippen LogP contribution in [0.4, 0.5) is 0 Å². The summed E-state index contributed by atoms with van der Waals surface area (Å²) in [6.45, 7) is 13.2. The van der Waals surface area contributed by atoms with E-state index in [1.54, 1.807) is 6.92 Å². The van der Waals surface area contributed by atoms with E-state index in [9.17, 15) is 19.4 Å². The van der Waals surface area contributed by atoms with E-state index in [0.717, 1.165) is 0 Å². The topological polar surface area (TPSA) is 106 Å². The summed E-state index contributed by atoms with van der Waals surface area (Å²) in [5, 5.41) is 0. The molecule has 0 aromatic rings. The quantitative estimate of drug-likeness (QED) is 0.210. The van der Waals surface area contributed by atoms with Gasteiger partial charge in [0.2, 0.25) is 5.91 Å². The summed E-state index contributed by atoms with van der Waals surface area (Å²) in [6, 6.07) is -0.343. The zero-order chi connectivity index (χ0) is 19.8. The van der Waals surface area contributed by atoms with Crippen LogP contribution in [0, 0.1) is 11.8 Å². The molecular weight excluding hydrogens is 377 g/mol. The van der Waals surface area contributed by atoms with Gasteiger partial charge < -0.3 is 23.5 Å². The average Bonchev–Trinajstić information content (AvgIpc) is 2.72. The van der Waals surface area contributed by atoms with Crippen molar-refractivity contribution in [2.24, 2.45) is 11.8 Å². The highest BCUT2D eigenvalue weighted by molar-refractivity contribution is 7.39. The van der Waals surface area contributed by atoms with Crippen LogP contribution in [0.15, 0.2) is 24.1 Å². The first-order valence-electron chi connectivity index (χ1n) is 8.38. The van der Waals surface area contributed by atoms with Crippen molar-refractivity contribution >= 4 is 28.8 Å². The maximum absolute atomic E-state index is 12.8. The lowest BCUT2D eigenvalue weighted by atomic mass is 9.79. The molecule has 0 spiro atoms. The molecule has 8 nitrogen and oxygen atoms in total. The van der Waals surface area contributed by atoms with Gasteiger partial charge in [0.1, 0.15) is 12.4 Å². The zero-order valence-electron chi connectivity index (χ0n) is 15.6. The molecule has 2 N–H and O–H groups in total. The van der Waals surface area contributed by atoms with E-state index in [0.29, 0.717) is 0 Å².